The van der Waals surface area contributed by atoms with E-state index in [0.29, 0.717) is 6.42 Å². The first-order chi connectivity index (χ1) is 5.56. The van der Waals surface area contributed by atoms with Crippen molar-refractivity contribution < 1.29 is 117 Å². The van der Waals surface area contributed by atoms with Crippen LogP contribution in [-0.2, 0) is 4.57 Å². The quantitative estimate of drug-likeness (QED) is 0.265. The van der Waals surface area contributed by atoms with Gasteiger partial charge in [-0.05, 0) is 12.6 Å². The molecule has 0 radical (unpaired) electrons. The Morgan fingerprint density at radius 1 is 0.929 bits per heavy atom. The molecule has 0 aromatic heterocycles. The summed E-state index contributed by atoms with van der Waals surface area (Å²) in [5.41, 5.74) is 0. The number of hydrogen-bond donors (Lipinski definition) is 0. The summed E-state index contributed by atoms with van der Waals surface area (Å²) in [5.74, 6) is 0. The summed E-state index contributed by atoms with van der Waals surface area (Å²) in [7, 11) is -4.22. The Morgan fingerprint density at radius 3 is 1.79 bits per heavy atom. The SMILES string of the molecule is CCCCCCCCP(=O)([O-])[O-].[K+].[K+]. The minimum absolute atomic E-state index is 0. The van der Waals surface area contributed by atoms with Crippen LogP contribution in [0.5, 0.6) is 0 Å². The fourth-order valence-corrected chi connectivity index (χ4v) is 1.70. The molecule has 0 aliphatic rings. The van der Waals surface area contributed by atoms with Crippen LogP contribution in [0.15, 0.2) is 0 Å². The number of unbranched alkanes of at least 4 members (excludes halogenated alkanes) is 5. The molecule has 0 atom stereocenters. The van der Waals surface area contributed by atoms with E-state index in [0.717, 1.165) is 19.3 Å². The molecular formula is C8H17K2O3P. The van der Waals surface area contributed by atoms with Gasteiger partial charge in [0.1, 0.15) is 0 Å². The summed E-state index contributed by atoms with van der Waals surface area (Å²) in [4.78, 5) is 20.4. The predicted octanol–water partition coefficient (Wildman–Crippen LogP) is -4.73. The maximum atomic E-state index is 10.2. The maximum absolute atomic E-state index is 10.2. The van der Waals surface area contributed by atoms with Crippen LogP contribution in [0.1, 0.15) is 45.4 Å². The molecule has 0 amide bonds. The number of rotatable bonds is 7. The van der Waals surface area contributed by atoms with E-state index in [-0.39, 0.29) is 109 Å². The van der Waals surface area contributed by atoms with Crippen LogP contribution in [0.3, 0.4) is 0 Å². The van der Waals surface area contributed by atoms with Crippen molar-refractivity contribution in [1.29, 1.82) is 0 Å². The van der Waals surface area contributed by atoms with E-state index in [1.807, 2.05) is 0 Å². The van der Waals surface area contributed by atoms with Gasteiger partial charge in [-0.15, -0.1) is 0 Å². The smallest absolute Gasteiger partial charge is 0.811 e. The Bertz CT molecular complexity index is 150. The van der Waals surface area contributed by atoms with Crippen molar-refractivity contribution >= 4 is 7.60 Å². The Hall–Kier alpha value is 3.42. The van der Waals surface area contributed by atoms with Crippen LogP contribution in [0.4, 0.5) is 0 Å². The van der Waals surface area contributed by atoms with E-state index in [2.05, 4.69) is 6.92 Å². The second kappa shape index (κ2) is 14.5. The molecule has 0 rings (SSSR count). The number of hydrogen-bond acceptors (Lipinski definition) is 3. The average Bonchev–Trinajstić information content (AvgIpc) is 1.94. The second-order valence-corrected chi connectivity index (χ2v) is 4.77. The van der Waals surface area contributed by atoms with Gasteiger partial charge >= 0.3 is 103 Å². The van der Waals surface area contributed by atoms with E-state index in [1.165, 1.54) is 12.8 Å². The van der Waals surface area contributed by atoms with Crippen LogP contribution in [0.25, 0.3) is 0 Å². The molecule has 6 heteroatoms. The molecular weight excluding hydrogens is 253 g/mol. The third kappa shape index (κ3) is 20.8. The summed E-state index contributed by atoms with van der Waals surface area (Å²) in [6.45, 7) is 2.13. The Kier molecular flexibility index (Phi) is 23.4. The Morgan fingerprint density at radius 2 is 1.36 bits per heavy atom. The van der Waals surface area contributed by atoms with E-state index >= 15 is 0 Å². The molecule has 0 saturated carbocycles. The molecule has 14 heavy (non-hydrogen) atoms. The summed E-state index contributed by atoms with van der Waals surface area (Å²) < 4.78 is 10.2. The third-order valence-electron chi connectivity index (χ3n) is 1.79. The van der Waals surface area contributed by atoms with Gasteiger partial charge in [-0.25, -0.2) is 0 Å². The normalized spacial score (nSPS) is 10.2. The molecule has 3 nitrogen and oxygen atoms in total. The van der Waals surface area contributed by atoms with Gasteiger partial charge in [0.2, 0.25) is 0 Å². The first kappa shape index (κ1) is 22.6. The van der Waals surface area contributed by atoms with Crippen LogP contribution in [-0.4, -0.2) is 6.16 Å². The van der Waals surface area contributed by atoms with Gasteiger partial charge in [0.25, 0.3) is 0 Å². The van der Waals surface area contributed by atoms with Crippen LogP contribution < -0.4 is 113 Å². The predicted molar refractivity (Wildman–Crippen MR) is 45.8 cm³/mol. The van der Waals surface area contributed by atoms with E-state index in [4.69, 9.17) is 0 Å². The zero-order chi connectivity index (χ0) is 9.45. The van der Waals surface area contributed by atoms with Gasteiger partial charge in [0, 0.05) is 0 Å². The zero-order valence-electron chi connectivity index (χ0n) is 9.62. The maximum Gasteiger partial charge on any atom is 1.00 e. The van der Waals surface area contributed by atoms with Crippen molar-refractivity contribution in [2.24, 2.45) is 0 Å². The molecule has 0 aromatic carbocycles. The molecule has 0 bridgehead atoms. The minimum atomic E-state index is -4.22. The van der Waals surface area contributed by atoms with Crippen molar-refractivity contribution in [3.8, 4) is 0 Å². The topological polar surface area (TPSA) is 63.2 Å². The van der Waals surface area contributed by atoms with E-state index < -0.39 is 7.60 Å². The first-order valence-electron chi connectivity index (χ1n) is 4.57. The molecule has 0 aromatic rings. The minimum Gasteiger partial charge on any atom is -0.811 e. The molecule has 0 aliphatic heterocycles. The van der Waals surface area contributed by atoms with Crippen LogP contribution in [0, 0.1) is 0 Å². The molecule has 0 heterocycles. The molecule has 0 saturated heterocycles. The summed E-state index contributed by atoms with van der Waals surface area (Å²) in [6, 6.07) is 0. The fraction of sp³-hybridized carbons (Fsp3) is 1.00. The van der Waals surface area contributed by atoms with Crippen LogP contribution in [0.2, 0.25) is 0 Å². The standard InChI is InChI=1S/C8H19O3P.2K/c1-2-3-4-5-6-7-8-12(9,10)11;;/h2-8H2,1H3,(H2,9,10,11);;/q;2*+1/p-2. The van der Waals surface area contributed by atoms with Crippen molar-refractivity contribution in [3.63, 3.8) is 0 Å². The van der Waals surface area contributed by atoms with Gasteiger partial charge in [0.15, 0.2) is 0 Å². The molecule has 0 spiro atoms. The van der Waals surface area contributed by atoms with Crippen molar-refractivity contribution in [3.05, 3.63) is 0 Å². The summed E-state index contributed by atoms with van der Waals surface area (Å²) >= 11 is 0. The van der Waals surface area contributed by atoms with E-state index in [1.54, 1.807) is 0 Å². The molecule has 0 N–H and O–H groups in total. The largest absolute Gasteiger partial charge is 1.00 e. The third-order valence-corrected chi connectivity index (χ3v) is 2.65. The summed E-state index contributed by atoms with van der Waals surface area (Å²) in [6.07, 6.45) is 5.82. The van der Waals surface area contributed by atoms with Crippen molar-refractivity contribution in [2.75, 3.05) is 6.16 Å². The summed E-state index contributed by atoms with van der Waals surface area (Å²) in [5, 5.41) is 0. The van der Waals surface area contributed by atoms with Gasteiger partial charge in [-0.1, -0.05) is 46.6 Å². The molecule has 0 unspecified atom stereocenters. The Labute approximate surface area is 172 Å². The van der Waals surface area contributed by atoms with Gasteiger partial charge in [-0.2, -0.15) is 0 Å². The first-order valence-corrected chi connectivity index (χ1v) is 6.30. The fourth-order valence-electron chi connectivity index (χ4n) is 1.09. The average molecular weight is 270 g/mol. The van der Waals surface area contributed by atoms with E-state index in [9.17, 15) is 14.4 Å². The van der Waals surface area contributed by atoms with Crippen molar-refractivity contribution in [2.45, 2.75) is 45.4 Å². The monoisotopic (exact) mass is 270 g/mol. The van der Waals surface area contributed by atoms with Gasteiger partial charge in [0.05, 0.1) is 0 Å². The van der Waals surface area contributed by atoms with Gasteiger partial charge < -0.3 is 14.4 Å². The molecule has 74 valence electrons. The molecule has 0 aliphatic carbocycles. The second-order valence-electron chi connectivity index (χ2n) is 3.10. The van der Waals surface area contributed by atoms with Crippen molar-refractivity contribution in [1.82, 2.24) is 0 Å². The van der Waals surface area contributed by atoms with Gasteiger partial charge in [-0.3, -0.25) is 0 Å². The van der Waals surface area contributed by atoms with Crippen LogP contribution >= 0.6 is 7.60 Å². The zero-order valence-corrected chi connectivity index (χ0v) is 16.8. The Balaban J connectivity index is -0.000000605. The molecule has 0 fully saturated rings.